The molecule has 1 N–H and O–H groups in total. The predicted octanol–water partition coefficient (Wildman–Crippen LogP) is 3.20. The Morgan fingerprint density at radius 2 is 2.12 bits per heavy atom. The van der Waals surface area contributed by atoms with E-state index in [1.54, 1.807) is 0 Å². The number of carbonyl (C=O) groups is 1. The van der Waals surface area contributed by atoms with Gasteiger partial charge < -0.3 is 5.11 Å². The van der Waals surface area contributed by atoms with Crippen molar-refractivity contribution in [2.45, 2.75) is 38.6 Å². The van der Waals surface area contributed by atoms with Gasteiger partial charge in [0, 0.05) is 38.4 Å². The van der Waals surface area contributed by atoms with Crippen LogP contribution in [0.4, 0.5) is 0 Å². The van der Waals surface area contributed by atoms with Crippen molar-refractivity contribution in [3.8, 4) is 0 Å². The number of hydrogen-bond donors (Lipinski definition) is 1. The molecule has 1 aliphatic heterocycles. The SMILES string of the molecule is Cc1nn(C)cc1CN1C[C@@H]2C[C@@H](c3ccccc3)CC[C@]2(C(=O)O)C1. The van der Waals surface area contributed by atoms with Crippen LogP contribution in [-0.2, 0) is 18.4 Å². The number of benzene rings is 1. The molecule has 0 amide bonds. The lowest BCUT2D eigenvalue weighted by molar-refractivity contribution is -0.152. The maximum absolute atomic E-state index is 12.2. The van der Waals surface area contributed by atoms with Gasteiger partial charge in [0.2, 0.25) is 0 Å². The van der Waals surface area contributed by atoms with Crippen LogP contribution in [0, 0.1) is 18.3 Å². The average Bonchev–Trinajstić information content (AvgIpc) is 3.15. The fourth-order valence-corrected chi connectivity index (χ4v) is 5.10. The molecule has 0 unspecified atom stereocenters. The fraction of sp³-hybridized carbons (Fsp3) is 0.524. The van der Waals surface area contributed by atoms with Crippen molar-refractivity contribution in [3.05, 3.63) is 53.3 Å². The van der Waals surface area contributed by atoms with Crippen LogP contribution in [0.2, 0.25) is 0 Å². The zero-order valence-electron chi connectivity index (χ0n) is 15.6. The van der Waals surface area contributed by atoms with Crippen LogP contribution in [0.15, 0.2) is 36.5 Å². The summed E-state index contributed by atoms with van der Waals surface area (Å²) >= 11 is 0. The lowest BCUT2D eigenvalue weighted by Crippen LogP contribution is -2.42. The quantitative estimate of drug-likeness (QED) is 0.917. The van der Waals surface area contributed by atoms with Crippen LogP contribution in [0.5, 0.6) is 0 Å². The van der Waals surface area contributed by atoms with E-state index in [4.69, 9.17) is 0 Å². The number of nitrogens with zero attached hydrogens (tertiary/aromatic N) is 3. The van der Waals surface area contributed by atoms with Gasteiger partial charge in [0.1, 0.15) is 0 Å². The van der Waals surface area contributed by atoms with E-state index in [1.807, 2.05) is 24.7 Å². The third kappa shape index (κ3) is 2.94. The Hall–Kier alpha value is -2.14. The second kappa shape index (κ2) is 6.54. The first-order valence-corrected chi connectivity index (χ1v) is 9.48. The summed E-state index contributed by atoms with van der Waals surface area (Å²) < 4.78 is 1.84. The smallest absolute Gasteiger partial charge is 0.311 e. The molecule has 1 saturated carbocycles. The Morgan fingerprint density at radius 1 is 1.35 bits per heavy atom. The highest BCUT2D eigenvalue weighted by Crippen LogP contribution is 2.51. The number of likely N-dealkylation sites (tertiary alicyclic amines) is 1. The van der Waals surface area contributed by atoms with E-state index in [0.29, 0.717) is 12.5 Å². The van der Waals surface area contributed by atoms with Gasteiger partial charge >= 0.3 is 5.97 Å². The molecule has 138 valence electrons. The summed E-state index contributed by atoms with van der Waals surface area (Å²) in [6.07, 6.45) is 4.76. The second-order valence-electron chi connectivity index (χ2n) is 8.12. The third-order valence-corrected chi connectivity index (χ3v) is 6.48. The van der Waals surface area contributed by atoms with E-state index in [-0.39, 0.29) is 5.92 Å². The van der Waals surface area contributed by atoms with Crippen molar-refractivity contribution in [2.24, 2.45) is 18.4 Å². The highest BCUT2D eigenvalue weighted by molar-refractivity contribution is 5.76. The summed E-state index contributed by atoms with van der Waals surface area (Å²) in [6, 6.07) is 10.6. The first kappa shape index (κ1) is 17.3. The molecule has 0 spiro atoms. The van der Waals surface area contributed by atoms with Gasteiger partial charge in [-0.25, -0.2) is 0 Å². The van der Waals surface area contributed by atoms with Crippen molar-refractivity contribution < 1.29 is 9.90 Å². The van der Waals surface area contributed by atoms with Gasteiger partial charge in [0.15, 0.2) is 0 Å². The van der Waals surface area contributed by atoms with Crippen LogP contribution >= 0.6 is 0 Å². The monoisotopic (exact) mass is 353 g/mol. The zero-order chi connectivity index (χ0) is 18.3. The maximum atomic E-state index is 12.2. The molecule has 5 heteroatoms. The first-order valence-electron chi connectivity index (χ1n) is 9.48. The summed E-state index contributed by atoms with van der Waals surface area (Å²) in [5, 5.41) is 14.5. The molecule has 3 atom stereocenters. The Morgan fingerprint density at radius 3 is 2.77 bits per heavy atom. The van der Waals surface area contributed by atoms with Gasteiger partial charge in [-0.3, -0.25) is 14.4 Å². The van der Waals surface area contributed by atoms with E-state index in [0.717, 1.165) is 38.0 Å². The van der Waals surface area contributed by atoms with E-state index in [1.165, 1.54) is 11.1 Å². The Bertz CT molecular complexity index is 801. The van der Waals surface area contributed by atoms with Gasteiger partial charge in [-0.1, -0.05) is 30.3 Å². The standard InChI is InChI=1S/C21H27N3O2/c1-15-18(11-23(2)22-15)12-24-13-19-10-17(16-6-4-3-5-7-16)8-9-21(19,14-24)20(25)26/h3-7,11,17,19H,8-10,12-14H2,1-2H3,(H,25,26)/t17-,19-,21-/m0/s1. The van der Waals surface area contributed by atoms with Crippen molar-refractivity contribution in [1.82, 2.24) is 14.7 Å². The van der Waals surface area contributed by atoms with Crippen LogP contribution < -0.4 is 0 Å². The Kier molecular flexibility index (Phi) is 4.35. The molecule has 4 rings (SSSR count). The van der Waals surface area contributed by atoms with Gasteiger partial charge in [0.05, 0.1) is 11.1 Å². The Labute approximate surface area is 154 Å². The minimum Gasteiger partial charge on any atom is -0.481 e. The molecule has 1 aliphatic carbocycles. The molecule has 0 bridgehead atoms. The topological polar surface area (TPSA) is 58.4 Å². The molecule has 1 aromatic heterocycles. The second-order valence-corrected chi connectivity index (χ2v) is 8.12. The number of carboxylic acid groups (broad SMARTS) is 1. The van der Waals surface area contributed by atoms with Crippen LogP contribution in [0.25, 0.3) is 0 Å². The lowest BCUT2D eigenvalue weighted by Gasteiger charge is -2.38. The molecule has 0 radical (unpaired) electrons. The molecule has 1 aromatic carbocycles. The van der Waals surface area contributed by atoms with Gasteiger partial charge in [-0.15, -0.1) is 0 Å². The number of carboxylic acids is 1. The van der Waals surface area contributed by atoms with E-state index in [9.17, 15) is 9.90 Å². The lowest BCUT2D eigenvalue weighted by atomic mass is 9.64. The van der Waals surface area contributed by atoms with Crippen molar-refractivity contribution in [2.75, 3.05) is 13.1 Å². The van der Waals surface area contributed by atoms with E-state index < -0.39 is 11.4 Å². The molecule has 1 saturated heterocycles. The largest absolute Gasteiger partial charge is 0.481 e. The molecule has 26 heavy (non-hydrogen) atoms. The van der Waals surface area contributed by atoms with Gasteiger partial charge in [0.25, 0.3) is 0 Å². The molecule has 2 fully saturated rings. The van der Waals surface area contributed by atoms with Crippen molar-refractivity contribution in [3.63, 3.8) is 0 Å². The van der Waals surface area contributed by atoms with Crippen molar-refractivity contribution >= 4 is 5.97 Å². The number of rotatable bonds is 4. The summed E-state index contributed by atoms with van der Waals surface area (Å²) in [7, 11) is 1.93. The van der Waals surface area contributed by atoms with Crippen LogP contribution in [0.3, 0.4) is 0 Å². The molecular weight excluding hydrogens is 326 g/mol. The Balaban J connectivity index is 1.54. The normalized spacial score (nSPS) is 28.8. The number of aromatic nitrogens is 2. The molecule has 2 aliphatic rings. The minimum absolute atomic E-state index is 0.218. The third-order valence-electron chi connectivity index (χ3n) is 6.48. The summed E-state index contributed by atoms with van der Waals surface area (Å²) in [6.45, 7) is 4.34. The highest BCUT2D eigenvalue weighted by atomic mass is 16.4. The molecule has 2 heterocycles. The zero-order valence-corrected chi connectivity index (χ0v) is 15.6. The van der Waals surface area contributed by atoms with Crippen molar-refractivity contribution in [1.29, 1.82) is 0 Å². The first-order chi connectivity index (χ1) is 12.5. The number of fused-ring (bicyclic) bond motifs is 1. The van der Waals surface area contributed by atoms with E-state index in [2.05, 4.69) is 40.5 Å². The number of hydrogen-bond acceptors (Lipinski definition) is 3. The van der Waals surface area contributed by atoms with Crippen LogP contribution in [-0.4, -0.2) is 38.8 Å². The fourth-order valence-electron chi connectivity index (χ4n) is 5.10. The average molecular weight is 353 g/mol. The molecule has 5 nitrogen and oxygen atoms in total. The minimum atomic E-state index is -0.612. The van der Waals surface area contributed by atoms with Gasteiger partial charge in [-0.05, 0) is 43.6 Å². The summed E-state index contributed by atoms with van der Waals surface area (Å²) in [5.74, 6) is 0.0871. The maximum Gasteiger partial charge on any atom is 0.311 e. The highest BCUT2D eigenvalue weighted by Gasteiger charge is 2.54. The number of aryl methyl sites for hydroxylation is 2. The van der Waals surface area contributed by atoms with E-state index >= 15 is 0 Å². The summed E-state index contributed by atoms with van der Waals surface area (Å²) in [5.41, 5.74) is 3.01. The summed E-state index contributed by atoms with van der Waals surface area (Å²) in [4.78, 5) is 14.6. The molecule has 2 aromatic rings. The van der Waals surface area contributed by atoms with Gasteiger partial charge in [-0.2, -0.15) is 5.10 Å². The van der Waals surface area contributed by atoms with Crippen LogP contribution in [0.1, 0.15) is 42.0 Å². The molecular formula is C21H27N3O2. The predicted molar refractivity (Wildman–Crippen MR) is 99.8 cm³/mol. The number of aliphatic carboxylic acids is 1.